The molecule has 27 heavy (non-hydrogen) atoms. The second-order valence-electron chi connectivity index (χ2n) is 6.95. The molecule has 0 saturated carbocycles. The van der Waals surface area contributed by atoms with Crippen LogP contribution in [0.3, 0.4) is 0 Å². The van der Waals surface area contributed by atoms with Crippen LogP contribution in [0.1, 0.15) is 24.0 Å². The Bertz CT molecular complexity index is 640. The minimum absolute atomic E-state index is 0.0310. The average Bonchev–Trinajstić information content (AvgIpc) is 3.17. The summed E-state index contributed by atoms with van der Waals surface area (Å²) in [4.78, 5) is 17.8. The summed E-state index contributed by atoms with van der Waals surface area (Å²) >= 11 is 0. The summed E-state index contributed by atoms with van der Waals surface area (Å²) in [6.45, 7) is 4.37. The summed E-state index contributed by atoms with van der Waals surface area (Å²) in [5, 5.41) is 6.60. The van der Waals surface area contributed by atoms with Crippen LogP contribution < -0.4 is 15.4 Å². The van der Waals surface area contributed by atoms with Crippen LogP contribution in [0.25, 0.3) is 0 Å². The summed E-state index contributed by atoms with van der Waals surface area (Å²) in [5.74, 6) is 1.51. The molecular weight excluding hydrogens is 344 g/mol. The van der Waals surface area contributed by atoms with Gasteiger partial charge < -0.3 is 25.0 Å². The molecule has 1 aromatic carbocycles. The van der Waals surface area contributed by atoms with Gasteiger partial charge >= 0.3 is 0 Å². The number of methoxy groups -OCH3 is 1. The molecule has 0 bridgehead atoms. The first-order valence-corrected chi connectivity index (χ1v) is 9.47. The number of carbonyl (C=O) groups excluding carboxylic acids is 1. The normalized spacial score (nSPS) is 16.9. The number of aliphatic imine (C=N–C) groups is 1. The third kappa shape index (κ3) is 7.09. The Morgan fingerprint density at radius 1 is 1.37 bits per heavy atom. The second-order valence-corrected chi connectivity index (χ2v) is 6.95. The van der Waals surface area contributed by atoms with Crippen LogP contribution in [-0.4, -0.2) is 70.3 Å². The van der Waals surface area contributed by atoms with Gasteiger partial charge in [0.05, 0.1) is 13.2 Å². The first kappa shape index (κ1) is 21.0. The highest BCUT2D eigenvalue weighted by Crippen LogP contribution is 2.19. The fourth-order valence-electron chi connectivity index (χ4n) is 2.82. The lowest BCUT2D eigenvalue weighted by Crippen LogP contribution is -2.42. The molecule has 2 rings (SSSR count). The molecule has 2 N–H and O–H groups in total. The van der Waals surface area contributed by atoms with E-state index >= 15 is 0 Å². The SMILES string of the molecule is COc1cc(CCNC(=NCC(=O)N(C)C)NCC2CCCO2)ccc1C. The number of ether oxygens (including phenoxy) is 2. The van der Waals surface area contributed by atoms with Crippen LogP contribution >= 0.6 is 0 Å². The number of rotatable bonds is 8. The Morgan fingerprint density at radius 3 is 2.85 bits per heavy atom. The fraction of sp³-hybridized carbons (Fsp3) is 0.600. The maximum Gasteiger partial charge on any atom is 0.243 e. The number of hydrogen-bond donors (Lipinski definition) is 2. The van der Waals surface area contributed by atoms with E-state index in [-0.39, 0.29) is 18.6 Å². The van der Waals surface area contributed by atoms with Gasteiger partial charge in [-0.3, -0.25) is 4.79 Å². The molecule has 0 spiro atoms. The first-order chi connectivity index (χ1) is 13.0. The number of guanidine groups is 1. The van der Waals surface area contributed by atoms with Gasteiger partial charge in [0.2, 0.25) is 5.91 Å². The van der Waals surface area contributed by atoms with Gasteiger partial charge in [-0.1, -0.05) is 12.1 Å². The van der Waals surface area contributed by atoms with E-state index in [1.165, 1.54) is 5.56 Å². The lowest BCUT2D eigenvalue weighted by atomic mass is 10.1. The Balaban J connectivity index is 1.89. The van der Waals surface area contributed by atoms with Gasteiger partial charge in [-0.2, -0.15) is 0 Å². The molecule has 1 saturated heterocycles. The van der Waals surface area contributed by atoms with Crippen LogP contribution in [0.4, 0.5) is 0 Å². The minimum atomic E-state index is -0.0310. The van der Waals surface area contributed by atoms with E-state index < -0.39 is 0 Å². The summed E-state index contributed by atoms with van der Waals surface area (Å²) < 4.78 is 11.0. The Kier molecular flexibility index (Phi) is 8.39. The molecule has 1 fully saturated rings. The standard InChI is InChI=1S/C20H32N4O3/c1-15-7-8-16(12-18(15)26-4)9-10-21-20(23-14-19(25)24(2)3)22-13-17-6-5-11-27-17/h7-8,12,17H,5-6,9-11,13-14H2,1-4H3,(H2,21,22,23). The van der Waals surface area contributed by atoms with E-state index in [9.17, 15) is 4.79 Å². The molecule has 150 valence electrons. The van der Waals surface area contributed by atoms with Crippen molar-refractivity contribution in [3.8, 4) is 5.75 Å². The molecule has 1 aromatic rings. The molecule has 1 amide bonds. The van der Waals surface area contributed by atoms with Crippen molar-refractivity contribution in [2.75, 3.05) is 47.4 Å². The van der Waals surface area contributed by atoms with Crippen LogP contribution in [0, 0.1) is 6.92 Å². The van der Waals surface area contributed by atoms with E-state index in [1.807, 2.05) is 6.92 Å². The number of aryl methyl sites for hydroxylation is 1. The molecule has 0 aliphatic carbocycles. The average molecular weight is 377 g/mol. The van der Waals surface area contributed by atoms with Crippen molar-refractivity contribution in [2.45, 2.75) is 32.3 Å². The highest BCUT2D eigenvalue weighted by atomic mass is 16.5. The zero-order valence-electron chi connectivity index (χ0n) is 16.9. The Hall–Kier alpha value is -2.28. The van der Waals surface area contributed by atoms with Crippen molar-refractivity contribution < 1.29 is 14.3 Å². The van der Waals surface area contributed by atoms with Gasteiger partial charge in [0.1, 0.15) is 12.3 Å². The van der Waals surface area contributed by atoms with Gasteiger partial charge in [0.15, 0.2) is 5.96 Å². The molecule has 1 unspecified atom stereocenters. The van der Waals surface area contributed by atoms with E-state index in [1.54, 1.807) is 26.1 Å². The molecule has 0 aromatic heterocycles. The van der Waals surface area contributed by atoms with Gasteiger partial charge in [-0.15, -0.1) is 0 Å². The zero-order valence-corrected chi connectivity index (χ0v) is 16.9. The van der Waals surface area contributed by atoms with Gasteiger partial charge in [-0.25, -0.2) is 4.99 Å². The van der Waals surface area contributed by atoms with E-state index in [0.29, 0.717) is 19.0 Å². The second kappa shape index (κ2) is 10.8. The third-order valence-corrected chi connectivity index (χ3v) is 4.57. The first-order valence-electron chi connectivity index (χ1n) is 9.47. The largest absolute Gasteiger partial charge is 0.496 e. The fourth-order valence-corrected chi connectivity index (χ4v) is 2.82. The van der Waals surface area contributed by atoms with Crippen LogP contribution in [0.5, 0.6) is 5.75 Å². The van der Waals surface area contributed by atoms with Crippen LogP contribution in [0.15, 0.2) is 23.2 Å². The van der Waals surface area contributed by atoms with E-state index in [2.05, 4.69) is 33.8 Å². The summed E-state index contributed by atoms with van der Waals surface area (Å²) in [7, 11) is 5.15. The summed E-state index contributed by atoms with van der Waals surface area (Å²) in [6, 6.07) is 6.23. The van der Waals surface area contributed by atoms with Crippen molar-refractivity contribution >= 4 is 11.9 Å². The lowest BCUT2D eigenvalue weighted by molar-refractivity contribution is -0.127. The highest BCUT2D eigenvalue weighted by molar-refractivity contribution is 5.84. The predicted octanol–water partition coefficient (Wildman–Crippen LogP) is 1.35. The van der Waals surface area contributed by atoms with Crippen molar-refractivity contribution in [3.05, 3.63) is 29.3 Å². The number of amides is 1. The van der Waals surface area contributed by atoms with E-state index in [4.69, 9.17) is 9.47 Å². The molecule has 1 atom stereocenters. The van der Waals surface area contributed by atoms with Crippen LogP contribution in [-0.2, 0) is 16.0 Å². The summed E-state index contributed by atoms with van der Waals surface area (Å²) in [5.41, 5.74) is 2.31. The number of nitrogens with one attached hydrogen (secondary N) is 2. The van der Waals surface area contributed by atoms with Crippen molar-refractivity contribution in [1.82, 2.24) is 15.5 Å². The van der Waals surface area contributed by atoms with Crippen LogP contribution in [0.2, 0.25) is 0 Å². The predicted molar refractivity (Wildman–Crippen MR) is 107 cm³/mol. The van der Waals surface area contributed by atoms with Gasteiger partial charge in [0.25, 0.3) is 0 Å². The molecule has 1 aliphatic heterocycles. The third-order valence-electron chi connectivity index (χ3n) is 4.57. The van der Waals surface area contributed by atoms with Gasteiger partial charge in [0, 0.05) is 33.8 Å². The zero-order chi connectivity index (χ0) is 19.6. The van der Waals surface area contributed by atoms with Crippen molar-refractivity contribution in [3.63, 3.8) is 0 Å². The lowest BCUT2D eigenvalue weighted by Gasteiger charge is -2.16. The molecular formula is C20H32N4O3. The molecule has 1 heterocycles. The Labute approximate surface area is 162 Å². The topological polar surface area (TPSA) is 75.2 Å². The number of hydrogen-bond acceptors (Lipinski definition) is 4. The number of carbonyl (C=O) groups is 1. The number of benzene rings is 1. The van der Waals surface area contributed by atoms with Crippen molar-refractivity contribution in [1.29, 1.82) is 0 Å². The monoisotopic (exact) mass is 376 g/mol. The summed E-state index contributed by atoms with van der Waals surface area (Å²) in [6.07, 6.45) is 3.20. The maximum absolute atomic E-state index is 11.8. The number of likely N-dealkylation sites (N-methyl/N-ethyl adjacent to an activating group) is 1. The van der Waals surface area contributed by atoms with Crippen molar-refractivity contribution in [2.24, 2.45) is 4.99 Å². The van der Waals surface area contributed by atoms with E-state index in [0.717, 1.165) is 37.2 Å². The minimum Gasteiger partial charge on any atom is -0.496 e. The smallest absolute Gasteiger partial charge is 0.243 e. The molecule has 1 aliphatic rings. The molecule has 7 heteroatoms. The molecule has 7 nitrogen and oxygen atoms in total. The number of nitrogens with zero attached hydrogens (tertiary/aromatic N) is 2. The highest BCUT2D eigenvalue weighted by Gasteiger charge is 2.15. The van der Waals surface area contributed by atoms with Gasteiger partial charge in [-0.05, 0) is 43.4 Å². The quantitative estimate of drug-likeness (QED) is 0.529. The molecule has 0 radical (unpaired) electrons. The maximum atomic E-state index is 11.8. The Morgan fingerprint density at radius 2 is 2.19 bits per heavy atom.